The second kappa shape index (κ2) is 8.39. The van der Waals surface area contributed by atoms with Crippen molar-refractivity contribution in [2.75, 3.05) is 7.11 Å². The smallest absolute Gasteiger partial charge is 0.305 e. The SMILES string of the molecule is COC(=O)CCC(C)[C@H]1CCCC2C3C(CC[C@@]21C)[C@@]1(C)CC[C@H](N)C[C@H]1C[C@H]3O. The van der Waals surface area contributed by atoms with Gasteiger partial charge in [-0.2, -0.15) is 0 Å². The Labute approximate surface area is 183 Å². The fourth-order valence-corrected chi connectivity index (χ4v) is 9.08. The van der Waals surface area contributed by atoms with E-state index >= 15 is 0 Å². The van der Waals surface area contributed by atoms with Gasteiger partial charge in [0, 0.05) is 12.5 Å². The average Bonchev–Trinajstić information content (AvgIpc) is 2.72. The quantitative estimate of drug-likeness (QED) is 0.634. The van der Waals surface area contributed by atoms with E-state index in [9.17, 15) is 9.90 Å². The minimum Gasteiger partial charge on any atom is -0.469 e. The van der Waals surface area contributed by atoms with Crippen molar-refractivity contribution in [3.63, 3.8) is 0 Å². The molecule has 4 rings (SSSR count). The molecule has 3 N–H and O–H groups in total. The van der Waals surface area contributed by atoms with Crippen molar-refractivity contribution in [2.45, 2.75) is 104 Å². The fourth-order valence-electron chi connectivity index (χ4n) is 9.08. The Morgan fingerprint density at radius 2 is 1.80 bits per heavy atom. The van der Waals surface area contributed by atoms with Crippen molar-refractivity contribution in [1.29, 1.82) is 0 Å². The number of methoxy groups -OCH3 is 1. The maximum Gasteiger partial charge on any atom is 0.305 e. The lowest BCUT2D eigenvalue weighted by atomic mass is 9.40. The third-order valence-corrected chi connectivity index (χ3v) is 10.8. The molecule has 4 unspecified atom stereocenters. The second-order valence-corrected chi connectivity index (χ2v) is 12.0. The number of esters is 1. The highest BCUT2D eigenvalue weighted by Gasteiger charge is 2.61. The molecule has 0 bridgehead atoms. The molecule has 0 amide bonds. The minimum absolute atomic E-state index is 0.0831. The van der Waals surface area contributed by atoms with Crippen LogP contribution in [0.1, 0.15) is 91.4 Å². The lowest BCUT2D eigenvalue weighted by molar-refractivity contribution is -0.189. The van der Waals surface area contributed by atoms with E-state index in [1.807, 2.05) is 0 Å². The minimum atomic E-state index is -0.160. The summed E-state index contributed by atoms with van der Waals surface area (Å²) in [6.45, 7) is 7.42. The zero-order chi connectivity index (χ0) is 21.7. The number of fused-ring (bicyclic) bond motifs is 5. The molecule has 0 aromatic heterocycles. The number of carbonyl (C=O) groups excluding carboxylic acids is 1. The molecule has 172 valence electrons. The molecular weight excluding hydrogens is 374 g/mol. The van der Waals surface area contributed by atoms with Crippen molar-refractivity contribution in [2.24, 2.45) is 52.1 Å². The number of aliphatic hydroxyl groups is 1. The van der Waals surface area contributed by atoms with Gasteiger partial charge in [-0.05, 0) is 104 Å². The Hall–Kier alpha value is -0.610. The predicted molar refractivity (Wildman–Crippen MR) is 120 cm³/mol. The highest BCUT2D eigenvalue weighted by molar-refractivity contribution is 5.69. The van der Waals surface area contributed by atoms with E-state index in [0.29, 0.717) is 58.8 Å². The summed E-state index contributed by atoms with van der Waals surface area (Å²) in [5, 5.41) is 11.4. The van der Waals surface area contributed by atoms with Crippen molar-refractivity contribution in [3.05, 3.63) is 0 Å². The Balaban J connectivity index is 1.55. The monoisotopic (exact) mass is 419 g/mol. The molecule has 0 aromatic rings. The standard InChI is InChI=1S/C26H45NO3/c1-16(8-9-23(29)30-4)19-6-5-7-20-24-21(11-13-26(19,20)3)25(2)12-10-18(27)14-17(25)15-22(24)28/h16-22,24,28H,5-15,27H2,1-4H3/t16?,17-,18-,19+,20?,21?,22+,24?,25-,26+/m0/s1. The molecule has 0 radical (unpaired) electrons. The van der Waals surface area contributed by atoms with Gasteiger partial charge in [-0.3, -0.25) is 4.79 Å². The number of hydrogen-bond acceptors (Lipinski definition) is 4. The largest absolute Gasteiger partial charge is 0.469 e. The molecule has 4 aliphatic carbocycles. The van der Waals surface area contributed by atoms with Crippen LogP contribution in [0.15, 0.2) is 0 Å². The third-order valence-electron chi connectivity index (χ3n) is 10.8. The van der Waals surface area contributed by atoms with Gasteiger partial charge in [-0.1, -0.05) is 27.2 Å². The lowest BCUT2D eigenvalue weighted by Gasteiger charge is -2.65. The van der Waals surface area contributed by atoms with Gasteiger partial charge in [0.1, 0.15) is 0 Å². The van der Waals surface area contributed by atoms with E-state index in [-0.39, 0.29) is 12.1 Å². The zero-order valence-corrected chi connectivity index (χ0v) is 19.7. The summed E-state index contributed by atoms with van der Waals surface area (Å²) in [6, 6.07) is 0.329. The number of aliphatic hydroxyl groups excluding tert-OH is 1. The Morgan fingerprint density at radius 3 is 2.53 bits per heavy atom. The van der Waals surface area contributed by atoms with Gasteiger partial charge in [0.15, 0.2) is 0 Å². The number of rotatable bonds is 4. The Kier molecular flexibility index (Phi) is 6.31. The molecule has 4 nitrogen and oxygen atoms in total. The molecule has 4 aliphatic rings. The topological polar surface area (TPSA) is 72.5 Å². The molecular formula is C26H45NO3. The summed E-state index contributed by atoms with van der Waals surface area (Å²) in [6.07, 6.45) is 12.1. The Morgan fingerprint density at radius 1 is 1.10 bits per heavy atom. The van der Waals surface area contributed by atoms with Crippen LogP contribution in [-0.2, 0) is 9.53 Å². The van der Waals surface area contributed by atoms with Crippen LogP contribution in [0.4, 0.5) is 0 Å². The summed E-state index contributed by atoms with van der Waals surface area (Å²) in [5.74, 6) is 3.43. The first-order chi connectivity index (χ1) is 14.2. The first kappa shape index (κ1) is 22.6. The lowest BCUT2D eigenvalue weighted by Crippen LogP contribution is -2.61. The van der Waals surface area contributed by atoms with Gasteiger partial charge in [0.25, 0.3) is 0 Å². The van der Waals surface area contributed by atoms with Gasteiger partial charge in [0.2, 0.25) is 0 Å². The molecule has 0 saturated heterocycles. The molecule has 0 heterocycles. The molecule has 30 heavy (non-hydrogen) atoms. The summed E-state index contributed by atoms with van der Waals surface area (Å²) in [4.78, 5) is 11.7. The second-order valence-electron chi connectivity index (χ2n) is 12.0. The van der Waals surface area contributed by atoms with Gasteiger partial charge in [-0.25, -0.2) is 0 Å². The number of nitrogens with two attached hydrogens (primary N) is 1. The van der Waals surface area contributed by atoms with Crippen molar-refractivity contribution in [3.8, 4) is 0 Å². The van der Waals surface area contributed by atoms with E-state index < -0.39 is 0 Å². The van der Waals surface area contributed by atoms with Crippen LogP contribution in [0.25, 0.3) is 0 Å². The van der Waals surface area contributed by atoms with E-state index in [0.717, 1.165) is 25.7 Å². The van der Waals surface area contributed by atoms with Crippen LogP contribution in [0.5, 0.6) is 0 Å². The summed E-state index contributed by atoms with van der Waals surface area (Å²) in [5.41, 5.74) is 7.00. The first-order valence-electron chi connectivity index (χ1n) is 12.7. The molecule has 0 aromatic carbocycles. The van der Waals surface area contributed by atoms with E-state index in [1.54, 1.807) is 0 Å². The van der Waals surface area contributed by atoms with E-state index in [2.05, 4.69) is 20.8 Å². The van der Waals surface area contributed by atoms with Gasteiger partial charge in [-0.15, -0.1) is 0 Å². The van der Waals surface area contributed by atoms with Crippen LogP contribution in [0.2, 0.25) is 0 Å². The maximum atomic E-state index is 11.7. The van der Waals surface area contributed by atoms with E-state index in [1.165, 1.54) is 45.6 Å². The maximum absolute atomic E-state index is 11.7. The molecule has 4 heteroatoms. The number of carbonyl (C=O) groups is 1. The molecule has 4 fully saturated rings. The van der Waals surface area contributed by atoms with E-state index in [4.69, 9.17) is 10.5 Å². The summed E-state index contributed by atoms with van der Waals surface area (Å²) >= 11 is 0. The van der Waals surface area contributed by atoms with Gasteiger partial charge < -0.3 is 15.6 Å². The van der Waals surface area contributed by atoms with Crippen molar-refractivity contribution < 1.29 is 14.6 Å². The van der Waals surface area contributed by atoms with Crippen molar-refractivity contribution in [1.82, 2.24) is 0 Å². The normalized spacial score (nSPS) is 49.3. The highest BCUT2D eigenvalue weighted by Crippen LogP contribution is 2.67. The first-order valence-corrected chi connectivity index (χ1v) is 12.7. The van der Waals surface area contributed by atoms with Gasteiger partial charge in [0.05, 0.1) is 13.2 Å². The number of hydrogen-bond donors (Lipinski definition) is 2. The van der Waals surface area contributed by atoms with Crippen LogP contribution >= 0.6 is 0 Å². The zero-order valence-electron chi connectivity index (χ0n) is 19.7. The van der Waals surface area contributed by atoms with Crippen LogP contribution in [0, 0.1) is 46.3 Å². The fraction of sp³-hybridized carbons (Fsp3) is 0.962. The van der Waals surface area contributed by atoms with Gasteiger partial charge >= 0.3 is 5.97 Å². The average molecular weight is 420 g/mol. The molecule has 10 atom stereocenters. The van der Waals surface area contributed by atoms with Crippen LogP contribution < -0.4 is 5.73 Å². The predicted octanol–water partition coefficient (Wildman–Crippen LogP) is 4.92. The number of ether oxygens (including phenoxy) is 1. The summed E-state index contributed by atoms with van der Waals surface area (Å²) in [7, 11) is 1.49. The van der Waals surface area contributed by atoms with Crippen LogP contribution in [-0.4, -0.2) is 30.3 Å². The Bertz CT molecular complexity index is 638. The molecule has 4 saturated carbocycles. The van der Waals surface area contributed by atoms with Crippen LogP contribution in [0.3, 0.4) is 0 Å². The molecule has 0 aliphatic heterocycles. The highest BCUT2D eigenvalue weighted by atomic mass is 16.5. The van der Waals surface area contributed by atoms with Crippen molar-refractivity contribution >= 4 is 5.97 Å². The summed E-state index contributed by atoms with van der Waals surface area (Å²) < 4.78 is 4.89. The third kappa shape index (κ3) is 3.64. The molecule has 0 spiro atoms.